The molecule has 1 saturated heterocycles. The number of nitro benzene ring substituents is 1. The zero-order valence-electron chi connectivity index (χ0n) is 15.0. The Morgan fingerprint density at radius 1 is 1.00 bits per heavy atom. The minimum atomic E-state index is -0.335. The number of benzene rings is 1. The van der Waals surface area contributed by atoms with Gasteiger partial charge in [0.1, 0.15) is 0 Å². The van der Waals surface area contributed by atoms with E-state index in [4.69, 9.17) is 4.74 Å². The van der Waals surface area contributed by atoms with Gasteiger partial charge in [-0.1, -0.05) is 19.3 Å². The fourth-order valence-corrected chi connectivity index (χ4v) is 4.30. The highest BCUT2D eigenvalue weighted by Gasteiger charge is 2.25. The first-order valence-corrected chi connectivity index (χ1v) is 9.64. The number of rotatable bonds is 4. The summed E-state index contributed by atoms with van der Waals surface area (Å²) in [7, 11) is 0. The van der Waals surface area contributed by atoms with Gasteiger partial charge >= 0.3 is 0 Å². The number of hydrogen-bond donors (Lipinski definition) is 0. The summed E-state index contributed by atoms with van der Waals surface area (Å²) in [6, 6.07) is 5.36. The molecular weight excluding hydrogens is 330 g/mol. The molecule has 2 aliphatic rings. The van der Waals surface area contributed by atoms with Crippen molar-refractivity contribution in [3.8, 4) is 0 Å². The first-order valence-electron chi connectivity index (χ1n) is 9.64. The predicted octanol–water partition coefficient (Wildman–Crippen LogP) is 4.46. The van der Waals surface area contributed by atoms with Crippen molar-refractivity contribution in [3.63, 3.8) is 0 Å². The van der Waals surface area contributed by atoms with E-state index in [1.165, 1.54) is 32.1 Å². The zero-order chi connectivity index (χ0) is 17.9. The van der Waals surface area contributed by atoms with E-state index in [1.807, 2.05) is 12.1 Å². The van der Waals surface area contributed by atoms with Crippen LogP contribution >= 0.6 is 0 Å². The lowest BCUT2D eigenvalue weighted by Crippen LogP contribution is -2.39. The fourth-order valence-electron chi connectivity index (χ4n) is 4.30. The number of anilines is 1. The lowest BCUT2D eigenvalue weighted by atomic mass is 9.97. The summed E-state index contributed by atoms with van der Waals surface area (Å²) < 4.78 is 6.33. The lowest BCUT2D eigenvalue weighted by Gasteiger charge is -2.36. The van der Waals surface area contributed by atoms with Crippen LogP contribution in [0, 0.1) is 10.1 Å². The van der Waals surface area contributed by atoms with E-state index >= 15 is 0 Å². The van der Waals surface area contributed by atoms with Gasteiger partial charge in [0.25, 0.3) is 5.69 Å². The summed E-state index contributed by atoms with van der Waals surface area (Å²) in [4.78, 5) is 17.3. The second-order valence-electron chi connectivity index (χ2n) is 7.36. The predicted molar refractivity (Wildman–Crippen MR) is 102 cm³/mol. The lowest BCUT2D eigenvalue weighted by molar-refractivity contribution is -0.383. The Balaban J connectivity index is 1.47. The third-order valence-corrected chi connectivity index (χ3v) is 5.69. The van der Waals surface area contributed by atoms with Crippen molar-refractivity contribution in [1.29, 1.82) is 0 Å². The average Bonchev–Trinajstić information content (AvgIpc) is 2.68. The topological polar surface area (TPSA) is 68.5 Å². The van der Waals surface area contributed by atoms with Crippen LogP contribution < -0.4 is 4.90 Å². The Morgan fingerprint density at radius 2 is 1.73 bits per heavy atom. The molecule has 6 nitrogen and oxygen atoms in total. The molecule has 0 amide bonds. The Kier molecular flexibility index (Phi) is 5.02. The maximum atomic E-state index is 11.3. The van der Waals surface area contributed by atoms with Gasteiger partial charge in [0, 0.05) is 42.6 Å². The molecule has 2 heterocycles. The van der Waals surface area contributed by atoms with Gasteiger partial charge in [0.15, 0.2) is 0 Å². The van der Waals surface area contributed by atoms with Crippen LogP contribution in [-0.2, 0) is 4.74 Å². The van der Waals surface area contributed by atoms with Crippen molar-refractivity contribution >= 4 is 22.1 Å². The summed E-state index contributed by atoms with van der Waals surface area (Å²) in [5, 5.41) is 12.8. The van der Waals surface area contributed by atoms with Crippen molar-refractivity contribution in [2.45, 2.75) is 57.2 Å². The Labute approximate surface area is 153 Å². The largest absolute Gasteiger partial charge is 0.375 e. The van der Waals surface area contributed by atoms with Gasteiger partial charge in [-0.25, -0.2) is 0 Å². The molecule has 1 saturated carbocycles. The second kappa shape index (κ2) is 7.58. The first kappa shape index (κ1) is 17.2. The summed E-state index contributed by atoms with van der Waals surface area (Å²) in [5.41, 5.74) is 1.18. The zero-order valence-corrected chi connectivity index (χ0v) is 15.0. The molecular formula is C20H25N3O3. The van der Waals surface area contributed by atoms with Crippen LogP contribution in [0.25, 0.3) is 10.8 Å². The van der Waals surface area contributed by atoms with Crippen molar-refractivity contribution in [2.75, 3.05) is 18.0 Å². The van der Waals surface area contributed by atoms with Gasteiger partial charge in [-0.3, -0.25) is 15.1 Å². The average molecular weight is 355 g/mol. The molecule has 1 aliphatic carbocycles. The van der Waals surface area contributed by atoms with Crippen molar-refractivity contribution in [2.24, 2.45) is 0 Å². The molecule has 1 aromatic heterocycles. The quantitative estimate of drug-likeness (QED) is 0.598. The number of nitrogens with zero attached hydrogens (tertiary/aromatic N) is 3. The van der Waals surface area contributed by atoms with Crippen LogP contribution in [0.3, 0.4) is 0 Å². The summed E-state index contributed by atoms with van der Waals surface area (Å²) in [5.74, 6) is 0. The van der Waals surface area contributed by atoms with E-state index in [0.29, 0.717) is 17.6 Å². The number of non-ortho nitro benzene ring substituents is 1. The first-order chi connectivity index (χ1) is 12.7. The molecule has 2 fully saturated rings. The van der Waals surface area contributed by atoms with Crippen molar-refractivity contribution in [1.82, 2.24) is 4.98 Å². The number of pyridine rings is 1. The third kappa shape index (κ3) is 3.51. The number of ether oxygens (including phenoxy) is 1. The minimum Gasteiger partial charge on any atom is -0.375 e. The molecule has 0 spiro atoms. The normalized spacial score (nSPS) is 19.8. The minimum absolute atomic E-state index is 0.118. The summed E-state index contributed by atoms with van der Waals surface area (Å²) >= 11 is 0. The summed E-state index contributed by atoms with van der Waals surface area (Å²) in [6.45, 7) is 1.85. The van der Waals surface area contributed by atoms with Crippen molar-refractivity contribution < 1.29 is 9.66 Å². The van der Waals surface area contributed by atoms with E-state index in [2.05, 4.69) is 9.88 Å². The summed E-state index contributed by atoms with van der Waals surface area (Å²) in [6.07, 6.45) is 12.5. The van der Waals surface area contributed by atoms with Gasteiger partial charge in [-0.15, -0.1) is 0 Å². The molecule has 1 aliphatic heterocycles. The molecule has 0 radical (unpaired) electrons. The maximum Gasteiger partial charge on any atom is 0.278 e. The van der Waals surface area contributed by atoms with Gasteiger partial charge in [-0.2, -0.15) is 0 Å². The molecule has 0 bridgehead atoms. The Morgan fingerprint density at radius 3 is 2.46 bits per heavy atom. The van der Waals surface area contributed by atoms with E-state index < -0.39 is 0 Å². The number of aromatic nitrogens is 1. The standard InChI is InChI=1S/C20H25N3O3/c24-23(25)20-7-6-19(17-8-11-21-14-18(17)20)22-12-9-16(10-13-22)26-15-4-2-1-3-5-15/h6-8,11,14-16H,1-5,9-10,12-13H2. The Bertz CT molecular complexity index is 781. The van der Waals surface area contributed by atoms with Gasteiger partial charge in [0.05, 0.1) is 22.5 Å². The molecule has 0 unspecified atom stereocenters. The SMILES string of the molecule is O=[N+]([O-])c1ccc(N2CCC(OC3CCCCC3)CC2)c2ccncc12. The van der Waals surface area contributed by atoms with E-state index in [0.717, 1.165) is 37.0 Å². The van der Waals surface area contributed by atoms with E-state index in [1.54, 1.807) is 18.5 Å². The highest BCUT2D eigenvalue weighted by Crippen LogP contribution is 2.34. The number of hydrogen-bond acceptors (Lipinski definition) is 5. The van der Waals surface area contributed by atoms with Crippen LogP contribution in [0.4, 0.5) is 11.4 Å². The Hall–Kier alpha value is -2.21. The van der Waals surface area contributed by atoms with Crippen LogP contribution in [0.5, 0.6) is 0 Å². The smallest absolute Gasteiger partial charge is 0.278 e. The van der Waals surface area contributed by atoms with Crippen LogP contribution in [0.2, 0.25) is 0 Å². The molecule has 0 atom stereocenters. The van der Waals surface area contributed by atoms with Gasteiger partial charge in [0.2, 0.25) is 0 Å². The monoisotopic (exact) mass is 355 g/mol. The molecule has 4 rings (SSSR count). The highest BCUT2D eigenvalue weighted by atomic mass is 16.6. The second-order valence-corrected chi connectivity index (χ2v) is 7.36. The maximum absolute atomic E-state index is 11.3. The highest BCUT2D eigenvalue weighted by molar-refractivity contribution is 5.99. The van der Waals surface area contributed by atoms with Gasteiger partial charge in [-0.05, 0) is 37.8 Å². The molecule has 138 valence electrons. The molecule has 6 heteroatoms. The van der Waals surface area contributed by atoms with Crippen LogP contribution in [-0.4, -0.2) is 35.2 Å². The van der Waals surface area contributed by atoms with Crippen molar-refractivity contribution in [3.05, 3.63) is 40.7 Å². The van der Waals surface area contributed by atoms with Crippen LogP contribution in [0.15, 0.2) is 30.6 Å². The molecule has 2 aromatic rings. The number of piperidine rings is 1. The van der Waals surface area contributed by atoms with E-state index in [-0.39, 0.29) is 10.6 Å². The van der Waals surface area contributed by atoms with Gasteiger partial charge < -0.3 is 9.64 Å². The van der Waals surface area contributed by atoms with Crippen LogP contribution in [0.1, 0.15) is 44.9 Å². The third-order valence-electron chi connectivity index (χ3n) is 5.69. The number of fused-ring (bicyclic) bond motifs is 1. The molecule has 0 N–H and O–H groups in total. The van der Waals surface area contributed by atoms with E-state index in [9.17, 15) is 10.1 Å². The number of nitro groups is 1. The fraction of sp³-hybridized carbons (Fsp3) is 0.550. The molecule has 26 heavy (non-hydrogen) atoms. The molecule has 1 aromatic carbocycles.